The highest BCUT2D eigenvalue weighted by molar-refractivity contribution is 6.04. The zero-order valence-electron chi connectivity index (χ0n) is 12.1. The lowest BCUT2D eigenvalue weighted by Crippen LogP contribution is -2.13. The molecule has 21 heavy (non-hydrogen) atoms. The molecule has 0 spiro atoms. The largest absolute Gasteiger partial charge is 0.491 e. The number of benzene rings is 2. The van der Waals surface area contributed by atoms with Crippen molar-refractivity contribution in [3.8, 4) is 5.75 Å². The van der Waals surface area contributed by atoms with Crippen LogP contribution in [0, 0.1) is 5.82 Å². The first-order valence-corrected chi connectivity index (χ1v) is 6.92. The summed E-state index contributed by atoms with van der Waals surface area (Å²) in [6, 6.07) is 12.7. The third-order valence-electron chi connectivity index (χ3n) is 3.09. The monoisotopic (exact) mass is 287 g/mol. The summed E-state index contributed by atoms with van der Waals surface area (Å²) in [5.74, 6) is -0.0342. The molecule has 0 aromatic heterocycles. The van der Waals surface area contributed by atoms with Crippen molar-refractivity contribution in [2.24, 2.45) is 0 Å². The van der Waals surface area contributed by atoms with Gasteiger partial charge >= 0.3 is 0 Å². The van der Waals surface area contributed by atoms with Gasteiger partial charge in [0.15, 0.2) is 0 Å². The number of ether oxygens (including phenoxy) is 1. The van der Waals surface area contributed by atoms with Gasteiger partial charge in [-0.25, -0.2) is 4.39 Å². The standard InChI is InChI=1S/C17H18FNO2/c1-3-12(2)21-16-9-4-6-13(10-16)17(20)19-15-8-5-7-14(18)11-15/h4-12H,3H2,1-2H3,(H,19,20). The SMILES string of the molecule is CCC(C)Oc1cccc(C(=O)Nc2cccc(F)c2)c1. The second kappa shape index (κ2) is 6.88. The molecule has 1 atom stereocenters. The van der Waals surface area contributed by atoms with E-state index in [4.69, 9.17) is 4.74 Å². The normalized spacial score (nSPS) is 11.8. The predicted octanol–water partition coefficient (Wildman–Crippen LogP) is 4.26. The molecule has 0 bridgehead atoms. The van der Waals surface area contributed by atoms with E-state index in [1.54, 1.807) is 30.3 Å². The molecule has 4 heteroatoms. The number of halogens is 1. The Labute approximate surface area is 123 Å². The first-order valence-electron chi connectivity index (χ1n) is 6.92. The predicted molar refractivity (Wildman–Crippen MR) is 81.2 cm³/mol. The van der Waals surface area contributed by atoms with Gasteiger partial charge in [-0.1, -0.05) is 19.1 Å². The molecule has 0 aliphatic carbocycles. The molecular weight excluding hydrogens is 269 g/mol. The van der Waals surface area contributed by atoms with E-state index in [1.807, 2.05) is 19.9 Å². The second-order valence-electron chi connectivity index (χ2n) is 4.83. The number of nitrogens with one attached hydrogen (secondary N) is 1. The van der Waals surface area contributed by atoms with Crippen LogP contribution in [0.5, 0.6) is 5.75 Å². The molecule has 1 amide bonds. The lowest BCUT2D eigenvalue weighted by atomic mass is 10.2. The minimum absolute atomic E-state index is 0.0894. The molecular formula is C17H18FNO2. The summed E-state index contributed by atoms with van der Waals surface area (Å²) in [6.07, 6.45) is 0.978. The van der Waals surface area contributed by atoms with Crippen molar-refractivity contribution in [1.82, 2.24) is 0 Å². The molecule has 0 radical (unpaired) electrons. The molecule has 0 heterocycles. The smallest absolute Gasteiger partial charge is 0.255 e. The van der Waals surface area contributed by atoms with Gasteiger partial charge in [0.1, 0.15) is 11.6 Å². The van der Waals surface area contributed by atoms with Crippen molar-refractivity contribution in [2.75, 3.05) is 5.32 Å². The first kappa shape index (κ1) is 15.0. The molecule has 1 N–H and O–H groups in total. The molecule has 3 nitrogen and oxygen atoms in total. The van der Waals surface area contributed by atoms with E-state index in [-0.39, 0.29) is 17.8 Å². The Bertz CT molecular complexity index is 628. The number of hydrogen-bond acceptors (Lipinski definition) is 2. The summed E-state index contributed by atoms with van der Waals surface area (Å²) in [4.78, 5) is 12.1. The van der Waals surface area contributed by atoms with Gasteiger partial charge < -0.3 is 10.1 Å². The maximum atomic E-state index is 13.1. The Kier molecular flexibility index (Phi) is 4.93. The van der Waals surface area contributed by atoms with Crippen LogP contribution in [0.3, 0.4) is 0 Å². The highest BCUT2D eigenvalue weighted by atomic mass is 19.1. The van der Waals surface area contributed by atoms with Gasteiger partial charge in [-0.15, -0.1) is 0 Å². The van der Waals surface area contributed by atoms with Gasteiger partial charge in [-0.2, -0.15) is 0 Å². The molecule has 0 fully saturated rings. The van der Waals surface area contributed by atoms with Crippen LogP contribution in [0.25, 0.3) is 0 Å². The topological polar surface area (TPSA) is 38.3 Å². The van der Waals surface area contributed by atoms with Crippen LogP contribution >= 0.6 is 0 Å². The average molecular weight is 287 g/mol. The van der Waals surface area contributed by atoms with Crippen molar-refractivity contribution >= 4 is 11.6 Å². The number of anilines is 1. The van der Waals surface area contributed by atoms with Gasteiger partial charge in [-0.05, 0) is 49.7 Å². The fraction of sp³-hybridized carbons (Fsp3) is 0.235. The Morgan fingerprint density at radius 3 is 2.71 bits per heavy atom. The minimum atomic E-state index is -0.387. The summed E-state index contributed by atoms with van der Waals surface area (Å²) in [5.41, 5.74) is 0.897. The summed E-state index contributed by atoms with van der Waals surface area (Å²) in [7, 11) is 0. The quantitative estimate of drug-likeness (QED) is 0.892. The zero-order valence-corrected chi connectivity index (χ0v) is 12.1. The van der Waals surface area contributed by atoms with Crippen LogP contribution in [-0.4, -0.2) is 12.0 Å². The molecule has 0 saturated heterocycles. The first-order chi connectivity index (χ1) is 10.1. The number of carbonyl (C=O) groups is 1. The number of hydrogen-bond donors (Lipinski definition) is 1. The van der Waals surface area contributed by atoms with Gasteiger partial charge in [0, 0.05) is 11.3 Å². The Balaban J connectivity index is 2.10. The Morgan fingerprint density at radius 1 is 1.24 bits per heavy atom. The van der Waals surface area contributed by atoms with Crippen molar-refractivity contribution in [3.05, 3.63) is 59.9 Å². The summed E-state index contributed by atoms with van der Waals surface area (Å²) in [5, 5.41) is 2.66. The van der Waals surface area contributed by atoms with Crippen LogP contribution in [0.4, 0.5) is 10.1 Å². The third-order valence-corrected chi connectivity index (χ3v) is 3.09. The number of amides is 1. The lowest BCUT2D eigenvalue weighted by Gasteiger charge is -2.13. The maximum Gasteiger partial charge on any atom is 0.255 e. The Hall–Kier alpha value is -2.36. The zero-order chi connectivity index (χ0) is 15.2. The third kappa shape index (κ3) is 4.31. The number of rotatable bonds is 5. The van der Waals surface area contributed by atoms with Crippen LogP contribution < -0.4 is 10.1 Å². The number of carbonyl (C=O) groups excluding carboxylic acids is 1. The minimum Gasteiger partial charge on any atom is -0.491 e. The van der Waals surface area contributed by atoms with E-state index in [1.165, 1.54) is 12.1 Å². The maximum absolute atomic E-state index is 13.1. The van der Waals surface area contributed by atoms with Crippen molar-refractivity contribution < 1.29 is 13.9 Å². The molecule has 2 rings (SSSR count). The summed E-state index contributed by atoms with van der Waals surface area (Å²) < 4.78 is 18.8. The van der Waals surface area contributed by atoms with Gasteiger partial charge in [-0.3, -0.25) is 4.79 Å². The fourth-order valence-electron chi connectivity index (χ4n) is 1.80. The Morgan fingerprint density at radius 2 is 2.00 bits per heavy atom. The van der Waals surface area contributed by atoms with Gasteiger partial charge in [0.05, 0.1) is 6.10 Å². The highest BCUT2D eigenvalue weighted by Gasteiger charge is 2.09. The molecule has 110 valence electrons. The van der Waals surface area contributed by atoms with E-state index in [0.29, 0.717) is 17.0 Å². The molecule has 0 aliphatic heterocycles. The van der Waals surface area contributed by atoms with E-state index < -0.39 is 0 Å². The van der Waals surface area contributed by atoms with Crippen LogP contribution in [-0.2, 0) is 0 Å². The van der Waals surface area contributed by atoms with E-state index >= 15 is 0 Å². The average Bonchev–Trinajstić information content (AvgIpc) is 2.47. The molecule has 1 unspecified atom stereocenters. The van der Waals surface area contributed by atoms with Crippen molar-refractivity contribution in [2.45, 2.75) is 26.4 Å². The van der Waals surface area contributed by atoms with E-state index in [9.17, 15) is 9.18 Å². The molecule has 0 saturated carbocycles. The van der Waals surface area contributed by atoms with E-state index in [0.717, 1.165) is 6.42 Å². The van der Waals surface area contributed by atoms with Crippen LogP contribution in [0.2, 0.25) is 0 Å². The van der Waals surface area contributed by atoms with E-state index in [2.05, 4.69) is 5.32 Å². The van der Waals surface area contributed by atoms with Gasteiger partial charge in [0.25, 0.3) is 5.91 Å². The highest BCUT2D eigenvalue weighted by Crippen LogP contribution is 2.17. The van der Waals surface area contributed by atoms with Crippen LogP contribution in [0.15, 0.2) is 48.5 Å². The molecule has 2 aromatic rings. The second-order valence-corrected chi connectivity index (χ2v) is 4.83. The fourth-order valence-corrected chi connectivity index (χ4v) is 1.80. The summed E-state index contributed by atoms with van der Waals surface area (Å²) >= 11 is 0. The lowest BCUT2D eigenvalue weighted by molar-refractivity contribution is 0.102. The summed E-state index contributed by atoms with van der Waals surface area (Å²) in [6.45, 7) is 4.00. The van der Waals surface area contributed by atoms with Crippen molar-refractivity contribution in [3.63, 3.8) is 0 Å². The molecule has 2 aromatic carbocycles. The molecule has 0 aliphatic rings. The van der Waals surface area contributed by atoms with Crippen molar-refractivity contribution in [1.29, 1.82) is 0 Å². The van der Waals surface area contributed by atoms with Gasteiger partial charge in [0.2, 0.25) is 0 Å². The van der Waals surface area contributed by atoms with Crippen LogP contribution in [0.1, 0.15) is 30.6 Å².